The van der Waals surface area contributed by atoms with Crippen molar-refractivity contribution in [3.63, 3.8) is 0 Å². The molecule has 0 spiro atoms. The zero-order chi connectivity index (χ0) is 13.9. The number of ether oxygens (including phenoxy) is 1. The summed E-state index contributed by atoms with van der Waals surface area (Å²) < 4.78 is 35.7. The van der Waals surface area contributed by atoms with E-state index in [4.69, 9.17) is 4.42 Å². The first-order chi connectivity index (χ1) is 9.04. The summed E-state index contributed by atoms with van der Waals surface area (Å²) >= 11 is 0.844. The maximum absolute atomic E-state index is 12.0. The average molecular weight is 302 g/mol. The monoisotopic (exact) mass is 302 g/mol. The van der Waals surface area contributed by atoms with Crippen LogP contribution >= 0.6 is 11.3 Å². The van der Waals surface area contributed by atoms with E-state index in [2.05, 4.69) is 14.4 Å². The number of sulfonamides is 1. The van der Waals surface area contributed by atoms with Gasteiger partial charge in [0.05, 0.1) is 25.4 Å². The average Bonchev–Trinajstić information content (AvgIpc) is 3.06. The molecular weight excluding hydrogens is 292 g/mol. The van der Waals surface area contributed by atoms with Gasteiger partial charge in [0, 0.05) is 0 Å². The fourth-order valence-corrected chi connectivity index (χ4v) is 3.47. The van der Waals surface area contributed by atoms with E-state index in [-0.39, 0.29) is 16.4 Å². The van der Waals surface area contributed by atoms with Gasteiger partial charge < -0.3 is 9.15 Å². The second kappa shape index (κ2) is 5.51. The highest BCUT2D eigenvalue weighted by Gasteiger charge is 2.26. The molecular formula is C10H10N2O5S2. The lowest BCUT2D eigenvalue weighted by Gasteiger charge is -2.04. The summed E-state index contributed by atoms with van der Waals surface area (Å²) in [4.78, 5) is 15.1. The molecule has 102 valence electrons. The zero-order valence-corrected chi connectivity index (χ0v) is 11.5. The second-order valence-corrected chi connectivity index (χ2v) is 6.20. The summed E-state index contributed by atoms with van der Waals surface area (Å²) in [6, 6.07) is 3.28. The second-order valence-electron chi connectivity index (χ2n) is 3.38. The molecule has 0 radical (unpaired) electrons. The first kappa shape index (κ1) is 13.7. The third kappa shape index (κ3) is 3.00. The Kier molecular flexibility index (Phi) is 3.98. The van der Waals surface area contributed by atoms with Crippen LogP contribution in [0.25, 0.3) is 0 Å². The first-order valence-corrected chi connectivity index (χ1v) is 7.44. The van der Waals surface area contributed by atoms with Crippen molar-refractivity contribution in [3.05, 3.63) is 35.4 Å². The highest BCUT2D eigenvalue weighted by molar-refractivity contribution is 7.91. The molecule has 0 aliphatic rings. The number of carbonyl (C=O) groups is 1. The number of methoxy groups -OCH3 is 1. The van der Waals surface area contributed by atoms with Gasteiger partial charge in [-0.1, -0.05) is 0 Å². The molecule has 0 fully saturated rings. The largest absolute Gasteiger partial charge is 0.468 e. The van der Waals surface area contributed by atoms with E-state index in [0.29, 0.717) is 5.76 Å². The molecule has 2 aromatic heterocycles. The SMILES string of the molecule is COC(=O)c1ncsc1S(=O)(=O)NCc1ccco1. The number of esters is 1. The van der Waals surface area contributed by atoms with Crippen LogP contribution < -0.4 is 4.72 Å². The fraction of sp³-hybridized carbons (Fsp3) is 0.200. The molecule has 0 saturated carbocycles. The van der Waals surface area contributed by atoms with Gasteiger partial charge >= 0.3 is 5.97 Å². The first-order valence-electron chi connectivity index (χ1n) is 5.08. The van der Waals surface area contributed by atoms with Crippen molar-refractivity contribution in [1.82, 2.24) is 9.71 Å². The number of rotatable bonds is 5. The van der Waals surface area contributed by atoms with Crippen LogP contribution in [0, 0.1) is 0 Å². The van der Waals surface area contributed by atoms with Crippen LogP contribution in [0.2, 0.25) is 0 Å². The molecule has 0 aliphatic carbocycles. The van der Waals surface area contributed by atoms with Crippen molar-refractivity contribution >= 4 is 27.3 Å². The Bertz CT molecular complexity index is 660. The minimum absolute atomic E-state index is 0.00611. The van der Waals surface area contributed by atoms with Crippen molar-refractivity contribution < 1.29 is 22.4 Å². The molecule has 9 heteroatoms. The van der Waals surface area contributed by atoms with Crippen LogP contribution in [0.3, 0.4) is 0 Å². The van der Waals surface area contributed by atoms with E-state index in [0.717, 1.165) is 18.4 Å². The predicted octanol–water partition coefficient (Wildman–Crippen LogP) is 1.00. The van der Waals surface area contributed by atoms with Gasteiger partial charge in [0.2, 0.25) is 0 Å². The minimum atomic E-state index is -3.83. The number of aromatic nitrogens is 1. The highest BCUT2D eigenvalue weighted by Crippen LogP contribution is 2.20. The maximum atomic E-state index is 12.0. The van der Waals surface area contributed by atoms with Gasteiger partial charge in [-0.2, -0.15) is 0 Å². The van der Waals surface area contributed by atoms with Crippen molar-refractivity contribution in [3.8, 4) is 0 Å². The lowest BCUT2D eigenvalue weighted by Crippen LogP contribution is -2.24. The van der Waals surface area contributed by atoms with Crippen molar-refractivity contribution in [2.45, 2.75) is 10.8 Å². The molecule has 1 N–H and O–H groups in total. The van der Waals surface area contributed by atoms with Crippen molar-refractivity contribution in [2.24, 2.45) is 0 Å². The number of furan rings is 1. The Morgan fingerprint density at radius 3 is 3.00 bits per heavy atom. The van der Waals surface area contributed by atoms with E-state index >= 15 is 0 Å². The molecule has 0 unspecified atom stereocenters. The number of thiazole rings is 1. The normalized spacial score (nSPS) is 11.4. The van der Waals surface area contributed by atoms with Gasteiger partial charge in [-0.15, -0.1) is 11.3 Å². The van der Waals surface area contributed by atoms with Gasteiger partial charge in [0.1, 0.15) is 5.76 Å². The van der Waals surface area contributed by atoms with E-state index in [9.17, 15) is 13.2 Å². The molecule has 0 bridgehead atoms. The highest BCUT2D eigenvalue weighted by atomic mass is 32.2. The molecule has 0 atom stereocenters. The molecule has 0 aromatic carbocycles. The van der Waals surface area contributed by atoms with E-state index in [1.165, 1.54) is 11.8 Å². The van der Waals surface area contributed by atoms with Crippen LogP contribution in [0.15, 0.2) is 32.5 Å². The van der Waals surface area contributed by atoms with E-state index in [1.807, 2.05) is 0 Å². The maximum Gasteiger partial charge on any atom is 0.358 e. The summed E-state index contributed by atoms with van der Waals surface area (Å²) in [5.41, 5.74) is 1.05. The number of carbonyl (C=O) groups excluding carboxylic acids is 1. The number of nitrogens with zero attached hydrogens (tertiary/aromatic N) is 1. The minimum Gasteiger partial charge on any atom is -0.468 e. The Morgan fingerprint density at radius 1 is 1.58 bits per heavy atom. The van der Waals surface area contributed by atoms with Crippen LogP contribution in [0.5, 0.6) is 0 Å². The number of hydrogen-bond donors (Lipinski definition) is 1. The van der Waals surface area contributed by atoms with Crippen LogP contribution in [-0.2, 0) is 21.3 Å². The molecule has 0 amide bonds. The van der Waals surface area contributed by atoms with E-state index in [1.54, 1.807) is 12.1 Å². The molecule has 7 nitrogen and oxygen atoms in total. The van der Waals surface area contributed by atoms with Crippen molar-refractivity contribution in [2.75, 3.05) is 7.11 Å². The Labute approximate surface area is 113 Å². The van der Waals surface area contributed by atoms with E-state index < -0.39 is 16.0 Å². The van der Waals surface area contributed by atoms with Crippen LogP contribution in [0.1, 0.15) is 16.2 Å². The fourth-order valence-electron chi connectivity index (χ4n) is 1.30. The summed E-state index contributed by atoms with van der Waals surface area (Å²) in [6.07, 6.45) is 1.44. The summed E-state index contributed by atoms with van der Waals surface area (Å²) in [5.74, 6) is -0.327. The summed E-state index contributed by atoms with van der Waals surface area (Å²) in [7, 11) is -2.67. The summed E-state index contributed by atoms with van der Waals surface area (Å²) in [5, 5.41) is 0. The third-order valence-electron chi connectivity index (χ3n) is 2.17. The molecule has 0 saturated heterocycles. The van der Waals surface area contributed by atoms with Crippen LogP contribution in [-0.4, -0.2) is 26.5 Å². The number of nitrogens with one attached hydrogen (secondary N) is 1. The van der Waals surface area contributed by atoms with Crippen LogP contribution in [0.4, 0.5) is 0 Å². The lowest BCUT2D eigenvalue weighted by atomic mass is 10.5. The molecule has 19 heavy (non-hydrogen) atoms. The smallest absolute Gasteiger partial charge is 0.358 e. The zero-order valence-electron chi connectivity index (χ0n) is 9.82. The molecule has 2 heterocycles. The quantitative estimate of drug-likeness (QED) is 0.827. The predicted molar refractivity (Wildman–Crippen MR) is 66.2 cm³/mol. The van der Waals surface area contributed by atoms with Gasteiger partial charge in [-0.25, -0.2) is 22.9 Å². The Balaban J connectivity index is 2.20. The Morgan fingerprint density at radius 2 is 2.37 bits per heavy atom. The van der Waals surface area contributed by atoms with Gasteiger partial charge in [-0.05, 0) is 12.1 Å². The molecule has 2 rings (SSSR count). The van der Waals surface area contributed by atoms with Gasteiger partial charge in [0.15, 0.2) is 9.90 Å². The number of hydrogen-bond acceptors (Lipinski definition) is 7. The molecule has 2 aromatic rings. The lowest BCUT2D eigenvalue weighted by molar-refractivity contribution is 0.0590. The van der Waals surface area contributed by atoms with Gasteiger partial charge in [-0.3, -0.25) is 0 Å². The summed E-state index contributed by atoms with van der Waals surface area (Å²) in [6.45, 7) is -0.00611. The van der Waals surface area contributed by atoms with Crippen molar-refractivity contribution in [1.29, 1.82) is 0 Å². The third-order valence-corrected chi connectivity index (χ3v) is 4.95. The molecule has 0 aliphatic heterocycles. The topological polar surface area (TPSA) is 98.5 Å². The van der Waals surface area contributed by atoms with Gasteiger partial charge in [0.25, 0.3) is 10.0 Å². The standard InChI is InChI=1S/C10H10N2O5S2/c1-16-9(13)8-10(18-6-11-8)19(14,15)12-5-7-3-2-4-17-7/h2-4,6,12H,5H2,1H3. The Hall–Kier alpha value is -1.71.